The Balaban J connectivity index is 1.80. The second-order valence-corrected chi connectivity index (χ2v) is 7.60. The smallest absolute Gasteiger partial charge is 0.225 e. The van der Waals surface area contributed by atoms with E-state index in [0.29, 0.717) is 6.42 Å². The minimum atomic E-state index is -0.111. The van der Waals surface area contributed by atoms with E-state index < -0.39 is 0 Å². The topological polar surface area (TPSA) is 29.1 Å². The minimum absolute atomic E-state index is 0.111. The zero-order valence-electron chi connectivity index (χ0n) is 14.9. The predicted molar refractivity (Wildman–Crippen MR) is 101 cm³/mol. The van der Waals surface area contributed by atoms with Crippen LogP contribution in [0.15, 0.2) is 36.4 Å². The number of carbonyl (C=O) groups excluding carboxylic acids is 1. The van der Waals surface area contributed by atoms with E-state index in [4.69, 9.17) is 0 Å². The fourth-order valence-electron chi connectivity index (χ4n) is 4.27. The van der Waals surface area contributed by atoms with Gasteiger partial charge in [-0.25, -0.2) is 0 Å². The molecule has 0 atom stereocenters. The van der Waals surface area contributed by atoms with Crippen LogP contribution in [0.2, 0.25) is 0 Å². The second kappa shape index (κ2) is 8.50. The summed E-state index contributed by atoms with van der Waals surface area (Å²) in [6.45, 7) is 0. The van der Waals surface area contributed by atoms with Crippen molar-refractivity contribution in [2.45, 2.75) is 82.6 Å². The van der Waals surface area contributed by atoms with E-state index in [9.17, 15) is 4.79 Å². The normalized spacial score (nSPS) is 22.8. The molecule has 1 aromatic carbocycles. The third-order valence-corrected chi connectivity index (χ3v) is 5.58. The van der Waals surface area contributed by atoms with E-state index in [1.807, 2.05) is 6.07 Å². The molecule has 0 radical (unpaired) electrons. The van der Waals surface area contributed by atoms with Gasteiger partial charge in [-0.2, -0.15) is 0 Å². The molecule has 2 aliphatic rings. The molecular weight excluding hydrogens is 294 g/mol. The SMILES string of the molecule is O=C1CC(c2ccccc2)=CC2(CCCCCCCCCCC2)N1. The fourth-order valence-corrected chi connectivity index (χ4v) is 4.27. The fraction of sp³-hybridized carbons (Fsp3) is 0.591. The quantitative estimate of drug-likeness (QED) is 0.712. The predicted octanol–water partition coefficient (Wildman–Crippen LogP) is 5.63. The first-order chi connectivity index (χ1) is 11.8. The van der Waals surface area contributed by atoms with Gasteiger partial charge in [0.05, 0.1) is 12.0 Å². The molecule has 0 aromatic heterocycles. The van der Waals surface area contributed by atoms with Gasteiger partial charge in [-0.05, 0) is 24.0 Å². The van der Waals surface area contributed by atoms with Crippen molar-refractivity contribution < 1.29 is 4.79 Å². The number of hydrogen-bond acceptors (Lipinski definition) is 1. The Hall–Kier alpha value is -1.57. The van der Waals surface area contributed by atoms with Crippen LogP contribution in [0.5, 0.6) is 0 Å². The van der Waals surface area contributed by atoms with Gasteiger partial charge in [0.1, 0.15) is 0 Å². The van der Waals surface area contributed by atoms with Crippen LogP contribution in [-0.2, 0) is 4.79 Å². The molecule has 1 saturated carbocycles. The van der Waals surface area contributed by atoms with Crippen molar-refractivity contribution in [3.63, 3.8) is 0 Å². The van der Waals surface area contributed by atoms with Gasteiger partial charge in [0.25, 0.3) is 0 Å². The van der Waals surface area contributed by atoms with Crippen LogP contribution in [0.25, 0.3) is 5.57 Å². The van der Waals surface area contributed by atoms with Crippen LogP contribution in [-0.4, -0.2) is 11.4 Å². The lowest BCUT2D eigenvalue weighted by Gasteiger charge is -2.37. The zero-order valence-corrected chi connectivity index (χ0v) is 14.9. The van der Waals surface area contributed by atoms with Crippen molar-refractivity contribution in [3.05, 3.63) is 42.0 Å². The standard InChI is InChI=1S/C22H31NO/c24-21-17-20(19-13-9-8-10-14-19)18-22(23-21)15-11-6-4-2-1-3-5-7-12-16-22/h8-10,13-14,18H,1-7,11-12,15-17H2,(H,23,24). The Morgan fingerprint density at radius 3 is 1.88 bits per heavy atom. The Labute approximate surface area is 146 Å². The van der Waals surface area contributed by atoms with Gasteiger partial charge in [-0.15, -0.1) is 0 Å². The summed E-state index contributed by atoms with van der Waals surface area (Å²) in [7, 11) is 0. The van der Waals surface area contributed by atoms with Crippen molar-refractivity contribution in [3.8, 4) is 0 Å². The third-order valence-electron chi connectivity index (χ3n) is 5.58. The molecule has 0 saturated heterocycles. The molecule has 1 aliphatic heterocycles. The number of hydrogen-bond donors (Lipinski definition) is 1. The van der Waals surface area contributed by atoms with Crippen LogP contribution in [0.1, 0.15) is 82.6 Å². The van der Waals surface area contributed by atoms with Crippen molar-refractivity contribution >= 4 is 11.5 Å². The molecule has 0 unspecified atom stereocenters. The summed E-state index contributed by atoms with van der Waals surface area (Å²) < 4.78 is 0. The Kier molecular flexibility index (Phi) is 6.12. The highest BCUT2D eigenvalue weighted by molar-refractivity contribution is 5.92. The second-order valence-electron chi connectivity index (χ2n) is 7.60. The number of rotatable bonds is 1. The summed E-state index contributed by atoms with van der Waals surface area (Å²) in [5.41, 5.74) is 2.31. The number of nitrogens with one attached hydrogen (secondary N) is 1. The molecule has 1 aliphatic carbocycles. The van der Waals surface area contributed by atoms with Crippen molar-refractivity contribution in [2.75, 3.05) is 0 Å². The molecule has 1 N–H and O–H groups in total. The third kappa shape index (κ3) is 4.72. The highest BCUT2D eigenvalue weighted by Crippen LogP contribution is 2.33. The van der Waals surface area contributed by atoms with Gasteiger partial charge in [0.15, 0.2) is 0 Å². The first-order valence-corrected chi connectivity index (χ1v) is 9.86. The lowest BCUT2D eigenvalue weighted by atomic mass is 9.80. The van der Waals surface area contributed by atoms with Crippen LogP contribution in [0, 0.1) is 0 Å². The molecule has 3 rings (SSSR count). The molecule has 2 nitrogen and oxygen atoms in total. The summed E-state index contributed by atoms with van der Waals surface area (Å²) in [6, 6.07) is 10.4. The lowest BCUT2D eigenvalue weighted by molar-refractivity contribution is -0.122. The molecule has 1 heterocycles. The number of benzene rings is 1. The largest absolute Gasteiger partial charge is 0.347 e. The van der Waals surface area contributed by atoms with Crippen LogP contribution < -0.4 is 5.32 Å². The molecule has 1 fully saturated rings. The highest BCUT2D eigenvalue weighted by Gasteiger charge is 2.33. The number of carbonyl (C=O) groups is 1. The van der Waals surface area contributed by atoms with Gasteiger partial charge in [-0.3, -0.25) is 4.79 Å². The molecule has 24 heavy (non-hydrogen) atoms. The maximum Gasteiger partial charge on any atom is 0.225 e. The first kappa shape index (κ1) is 17.3. The summed E-state index contributed by atoms with van der Waals surface area (Å²) >= 11 is 0. The molecular formula is C22H31NO. The van der Waals surface area contributed by atoms with E-state index in [2.05, 4.69) is 35.7 Å². The minimum Gasteiger partial charge on any atom is -0.347 e. The monoisotopic (exact) mass is 325 g/mol. The summed E-state index contributed by atoms with van der Waals surface area (Å²) in [4.78, 5) is 12.4. The first-order valence-electron chi connectivity index (χ1n) is 9.86. The van der Waals surface area contributed by atoms with E-state index in [0.717, 1.165) is 12.8 Å². The Morgan fingerprint density at radius 2 is 1.29 bits per heavy atom. The van der Waals surface area contributed by atoms with E-state index in [1.54, 1.807) is 0 Å². The zero-order chi connectivity index (χ0) is 16.7. The van der Waals surface area contributed by atoms with Gasteiger partial charge in [0.2, 0.25) is 5.91 Å². The Morgan fingerprint density at radius 1 is 0.750 bits per heavy atom. The van der Waals surface area contributed by atoms with Crippen LogP contribution in [0.3, 0.4) is 0 Å². The van der Waals surface area contributed by atoms with Gasteiger partial charge in [-0.1, -0.05) is 94.2 Å². The molecule has 130 valence electrons. The van der Waals surface area contributed by atoms with Gasteiger partial charge >= 0.3 is 0 Å². The van der Waals surface area contributed by atoms with Crippen molar-refractivity contribution in [1.29, 1.82) is 0 Å². The van der Waals surface area contributed by atoms with E-state index in [-0.39, 0.29) is 11.4 Å². The molecule has 2 heteroatoms. The van der Waals surface area contributed by atoms with Crippen molar-refractivity contribution in [1.82, 2.24) is 5.32 Å². The maximum atomic E-state index is 12.4. The average molecular weight is 325 g/mol. The van der Waals surface area contributed by atoms with Gasteiger partial charge < -0.3 is 5.32 Å². The summed E-state index contributed by atoms with van der Waals surface area (Å²) in [6.07, 6.45) is 17.0. The maximum absolute atomic E-state index is 12.4. The molecule has 1 aromatic rings. The summed E-state index contributed by atoms with van der Waals surface area (Å²) in [5.74, 6) is 0.198. The van der Waals surface area contributed by atoms with E-state index in [1.165, 1.54) is 68.9 Å². The number of amides is 1. The van der Waals surface area contributed by atoms with Crippen LogP contribution >= 0.6 is 0 Å². The van der Waals surface area contributed by atoms with Gasteiger partial charge in [0, 0.05) is 0 Å². The van der Waals surface area contributed by atoms with Crippen LogP contribution in [0.4, 0.5) is 0 Å². The average Bonchev–Trinajstić information content (AvgIpc) is 2.59. The van der Waals surface area contributed by atoms with E-state index >= 15 is 0 Å². The Bertz CT molecular complexity index is 549. The molecule has 1 amide bonds. The van der Waals surface area contributed by atoms with Crippen molar-refractivity contribution in [2.24, 2.45) is 0 Å². The highest BCUT2D eigenvalue weighted by atomic mass is 16.1. The molecule has 1 spiro atoms. The molecule has 0 bridgehead atoms. The lowest BCUT2D eigenvalue weighted by Crippen LogP contribution is -2.49. The summed E-state index contributed by atoms with van der Waals surface area (Å²) in [5, 5.41) is 3.37.